The Bertz CT molecular complexity index is 616. The fraction of sp³-hybridized carbons (Fsp3) is 0.588. The summed E-state index contributed by atoms with van der Waals surface area (Å²) in [6.45, 7) is 6.80. The van der Waals surface area contributed by atoms with Crippen LogP contribution in [0.3, 0.4) is 0 Å². The molecule has 1 amide bonds. The van der Waals surface area contributed by atoms with E-state index >= 15 is 0 Å². The minimum Gasteiger partial charge on any atom is -0.337 e. The van der Waals surface area contributed by atoms with Gasteiger partial charge in [-0.1, -0.05) is 37.3 Å². The molecule has 1 saturated heterocycles. The first-order valence-electron chi connectivity index (χ1n) is 8.17. The molecule has 6 heteroatoms. The second-order valence-electron chi connectivity index (χ2n) is 6.25. The molecule has 2 rings (SSSR count). The SMILES string of the molecule is CCCS(=O)(=O)CC(=O)N1CCN(Cc2ccccc2)C[C@@H]1C. The Kier molecular flexibility index (Phi) is 6.18. The van der Waals surface area contributed by atoms with Crippen molar-refractivity contribution in [1.82, 2.24) is 9.80 Å². The summed E-state index contributed by atoms with van der Waals surface area (Å²) in [5, 5.41) is 0. The van der Waals surface area contributed by atoms with Crippen LogP contribution in [0.4, 0.5) is 0 Å². The first kappa shape index (κ1) is 17.9. The summed E-state index contributed by atoms with van der Waals surface area (Å²) in [5.41, 5.74) is 1.25. The third kappa shape index (κ3) is 5.32. The number of benzene rings is 1. The quantitative estimate of drug-likeness (QED) is 0.789. The van der Waals surface area contributed by atoms with Crippen LogP contribution in [0.25, 0.3) is 0 Å². The maximum absolute atomic E-state index is 12.3. The summed E-state index contributed by atoms with van der Waals surface area (Å²) in [5.74, 6) is -0.532. The van der Waals surface area contributed by atoms with Crippen molar-refractivity contribution in [3.63, 3.8) is 0 Å². The second kappa shape index (κ2) is 7.93. The first-order chi connectivity index (χ1) is 10.9. The van der Waals surface area contributed by atoms with E-state index < -0.39 is 9.84 Å². The number of rotatable bonds is 6. The molecule has 0 radical (unpaired) electrons. The van der Waals surface area contributed by atoms with Gasteiger partial charge < -0.3 is 4.90 Å². The maximum Gasteiger partial charge on any atom is 0.238 e. The van der Waals surface area contributed by atoms with Gasteiger partial charge in [-0.2, -0.15) is 0 Å². The zero-order valence-corrected chi connectivity index (χ0v) is 14.8. The summed E-state index contributed by atoms with van der Waals surface area (Å²) < 4.78 is 23.7. The van der Waals surface area contributed by atoms with Crippen LogP contribution in [0, 0.1) is 0 Å². The van der Waals surface area contributed by atoms with Crippen LogP contribution in [0.2, 0.25) is 0 Å². The average Bonchev–Trinajstić information content (AvgIpc) is 2.47. The normalized spacial score (nSPS) is 19.7. The number of carbonyl (C=O) groups is 1. The topological polar surface area (TPSA) is 57.7 Å². The lowest BCUT2D eigenvalue weighted by Crippen LogP contribution is -2.54. The lowest BCUT2D eigenvalue weighted by Gasteiger charge is -2.40. The van der Waals surface area contributed by atoms with Gasteiger partial charge >= 0.3 is 0 Å². The van der Waals surface area contributed by atoms with Crippen molar-refractivity contribution in [1.29, 1.82) is 0 Å². The second-order valence-corrected chi connectivity index (χ2v) is 8.43. The van der Waals surface area contributed by atoms with Crippen molar-refractivity contribution in [3.8, 4) is 0 Å². The number of piperazine rings is 1. The number of amides is 1. The lowest BCUT2D eigenvalue weighted by molar-refractivity contribution is -0.132. The zero-order valence-electron chi connectivity index (χ0n) is 13.9. The Hall–Kier alpha value is -1.40. The summed E-state index contributed by atoms with van der Waals surface area (Å²) in [7, 11) is -3.27. The molecule has 0 aliphatic carbocycles. The predicted molar refractivity (Wildman–Crippen MR) is 91.8 cm³/mol. The molecule has 0 aromatic heterocycles. The highest BCUT2D eigenvalue weighted by Gasteiger charge is 2.29. The van der Waals surface area contributed by atoms with E-state index in [1.54, 1.807) is 4.90 Å². The van der Waals surface area contributed by atoms with Crippen molar-refractivity contribution in [3.05, 3.63) is 35.9 Å². The van der Waals surface area contributed by atoms with E-state index in [9.17, 15) is 13.2 Å². The Labute approximate surface area is 139 Å². The van der Waals surface area contributed by atoms with Crippen LogP contribution in [-0.4, -0.2) is 61.3 Å². The molecule has 1 atom stereocenters. The molecule has 0 unspecified atom stereocenters. The number of sulfone groups is 1. The standard InChI is InChI=1S/C17H26N2O3S/c1-3-11-23(21,22)14-17(20)19-10-9-18(12-15(19)2)13-16-7-5-4-6-8-16/h4-8,15H,3,9-14H2,1-2H3/t15-/m0/s1. The van der Waals surface area contributed by atoms with Crippen molar-refractivity contribution < 1.29 is 13.2 Å². The molecule has 128 valence electrons. The minimum atomic E-state index is -3.27. The van der Waals surface area contributed by atoms with E-state index in [0.717, 1.165) is 19.6 Å². The molecule has 1 aromatic rings. The highest BCUT2D eigenvalue weighted by atomic mass is 32.2. The molecule has 1 aliphatic heterocycles. The largest absolute Gasteiger partial charge is 0.337 e. The molecule has 23 heavy (non-hydrogen) atoms. The summed E-state index contributed by atoms with van der Waals surface area (Å²) >= 11 is 0. The summed E-state index contributed by atoms with van der Waals surface area (Å²) in [6, 6.07) is 10.3. The van der Waals surface area contributed by atoms with Gasteiger partial charge in [-0.05, 0) is 18.9 Å². The number of hydrogen-bond acceptors (Lipinski definition) is 4. The molecule has 1 aliphatic rings. The monoisotopic (exact) mass is 338 g/mol. The van der Waals surface area contributed by atoms with E-state index in [1.165, 1.54) is 5.56 Å². The smallest absolute Gasteiger partial charge is 0.238 e. The van der Waals surface area contributed by atoms with E-state index in [-0.39, 0.29) is 23.5 Å². The third-order valence-corrected chi connectivity index (χ3v) is 5.86. The Morgan fingerprint density at radius 1 is 1.22 bits per heavy atom. The summed E-state index contributed by atoms with van der Waals surface area (Å²) in [4.78, 5) is 16.3. The minimum absolute atomic E-state index is 0.0387. The highest BCUT2D eigenvalue weighted by Crippen LogP contribution is 2.14. The molecular formula is C17H26N2O3S. The van der Waals surface area contributed by atoms with Crippen LogP contribution in [-0.2, 0) is 21.2 Å². The van der Waals surface area contributed by atoms with E-state index in [2.05, 4.69) is 17.0 Å². The van der Waals surface area contributed by atoms with Gasteiger partial charge in [0, 0.05) is 32.2 Å². The fourth-order valence-electron chi connectivity index (χ4n) is 3.04. The van der Waals surface area contributed by atoms with Crippen LogP contribution in [0.1, 0.15) is 25.8 Å². The van der Waals surface area contributed by atoms with Gasteiger partial charge in [-0.15, -0.1) is 0 Å². The molecule has 1 heterocycles. The number of nitrogens with zero attached hydrogens (tertiary/aromatic N) is 2. The summed E-state index contributed by atoms with van der Waals surface area (Å²) in [6.07, 6.45) is 0.552. The fourth-order valence-corrected chi connectivity index (χ4v) is 4.35. The zero-order chi connectivity index (χ0) is 16.9. The van der Waals surface area contributed by atoms with Crippen molar-refractivity contribution in [2.75, 3.05) is 31.1 Å². The van der Waals surface area contributed by atoms with Crippen LogP contribution < -0.4 is 0 Å². The van der Waals surface area contributed by atoms with Gasteiger partial charge in [0.05, 0.1) is 5.75 Å². The van der Waals surface area contributed by atoms with E-state index in [0.29, 0.717) is 13.0 Å². The van der Waals surface area contributed by atoms with E-state index in [4.69, 9.17) is 0 Å². The van der Waals surface area contributed by atoms with Gasteiger partial charge in [0.25, 0.3) is 0 Å². The van der Waals surface area contributed by atoms with Gasteiger partial charge in [0.1, 0.15) is 5.75 Å². The Morgan fingerprint density at radius 3 is 2.52 bits per heavy atom. The van der Waals surface area contributed by atoms with Crippen LogP contribution >= 0.6 is 0 Å². The van der Waals surface area contributed by atoms with Gasteiger partial charge in [0.15, 0.2) is 9.84 Å². The Morgan fingerprint density at radius 2 is 1.91 bits per heavy atom. The molecular weight excluding hydrogens is 312 g/mol. The molecule has 0 bridgehead atoms. The lowest BCUT2D eigenvalue weighted by atomic mass is 10.1. The Balaban J connectivity index is 1.90. The van der Waals surface area contributed by atoms with Gasteiger partial charge in [-0.25, -0.2) is 8.42 Å². The molecule has 0 N–H and O–H groups in total. The molecule has 0 spiro atoms. The van der Waals surface area contributed by atoms with Gasteiger partial charge in [-0.3, -0.25) is 9.69 Å². The van der Waals surface area contributed by atoms with Crippen LogP contribution in [0.15, 0.2) is 30.3 Å². The average molecular weight is 338 g/mol. The molecule has 1 aromatic carbocycles. The van der Waals surface area contributed by atoms with Gasteiger partial charge in [0.2, 0.25) is 5.91 Å². The highest BCUT2D eigenvalue weighted by molar-refractivity contribution is 7.92. The van der Waals surface area contributed by atoms with Crippen molar-refractivity contribution >= 4 is 15.7 Å². The van der Waals surface area contributed by atoms with Crippen molar-refractivity contribution in [2.24, 2.45) is 0 Å². The molecule has 5 nitrogen and oxygen atoms in total. The predicted octanol–water partition coefficient (Wildman–Crippen LogP) is 1.54. The molecule has 1 fully saturated rings. The van der Waals surface area contributed by atoms with Crippen molar-refractivity contribution in [2.45, 2.75) is 32.9 Å². The van der Waals surface area contributed by atoms with Crippen LogP contribution in [0.5, 0.6) is 0 Å². The maximum atomic E-state index is 12.3. The number of carbonyl (C=O) groups excluding carboxylic acids is 1. The molecule has 0 saturated carbocycles. The number of hydrogen-bond donors (Lipinski definition) is 0. The third-order valence-electron chi connectivity index (χ3n) is 4.14. The first-order valence-corrected chi connectivity index (χ1v) is 9.99. The van der Waals surface area contributed by atoms with E-state index in [1.807, 2.05) is 32.0 Å².